The van der Waals surface area contributed by atoms with Gasteiger partial charge in [0.2, 0.25) is 0 Å². The molecule has 0 unspecified atom stereocenters. The number of benzene rings is 1. The summed E-state index contributed by atoms with van der Waals surface area (Å²) in [7, 11) is 0. The molecule has 0 radical (unpaired) electrons. The number of hydrogen-bond donors (Lipinski definition) is 2. The van der Waals surface area contributed by atoms with Crippen LogP contribution in [0.2, 0.25) is 0 Å². The van der Waals surface area contributed by atoms with Gasteiger partial charge in [-0.2, -0.15) is 8.78 Å². The van der Waals surface area contributed by atoms with Crippen LogP contribution in [0.1, 0.15) is 36.6 Å². The molecular weight excluding hydrogens is 350 g/mol. The van der Waals surface area contributed by atoms with Crippen LogP contribution < -0.4 is 15.4 Å². The molecule has 1 aliphatic rings. The van der Waals surface area contributed by atoms with Crippen molar-refractivity contribution in [3.8, 4) is 5.75 Å². The monoisotopic (exact) mass is 370 g/mol. The van der Waals surface area contributed by atoms with Crippen LogP contribution in [0, 0.1) is 13.8 Å². The predicted octanol–water partition coefficient (Wildman–Crippen LogP) is 3.26. The van der Waals surface area contributed by atoms with Crippen LogP contribution in [0.4, 0.5) is 8.78 Å². The maximum atomic E-state index is 12.6. The Morgan fingerprint density at radius 1 is 1.28 bits per heavy atom. The Balaban J connectivity index is 2.49. The fourth-order valence-electron chi connectivity index (χ4n) is 2.85. The number of rotatable bonds is 5. The van der Waals surface area contributed by atoms with Gasteiger partial charge in [-0.05, 0) is 68.7 Å². The van der Waals surface area contributed by atoms with Crippen LogP contribution in [0.5, 0.6) is 5.75 Å². The van der Waals surface area contributed by atoms with E-state index in [-0.39, 0.29) is 12.4 Å². The maximum absolute atomic E-state index is 12.6. The molecule has 1 aliphatic heterocycles. The van der Waals surface area contributed by atoms with E-state index in [4.69, 9.17) is 17.0 Å². The number of allylic oxidation sites excluding steroid dienone is 1. The minimum absolute atomic E-state index is 0.133. The highest BCUT2D eigenvalue weighted by molar-refractivity contribution is 7.80. The number of hydrogen-bond acceptors (Lipinski definition) is 4. The summed E-state index contributed by atoms with van der Waals surface area (Å²) in [6.07, 6.45) is 0. The SMILES string of the molecule is CCOC(=O)C1=C(C)NC(=S)N[C@H]1c1cc(C)c(OC(F)F)c(C)c1. The first-order chi connectivity index (χ1) is 11.7. The van der Waals surface area contributed by atoms with E-state index in [1.165, 1.54) is 0 Å². The molecule has 1 heterocycles. The third kappa shape index (κ3) is 4.25. The molecule has 0 saturated heterocycles. The van der Waals surface area contributed by atoms with Crippen molar-refractivity contribution < 1.29 is 23.0 Å². The lowest BCUT2D eigenvalue weighted by Gasteiger charge is -2.30. The highest BCUT2D eigenvalue weighted by Gasteiger charge is 2.31. The minimum atomic E-state index is -2.90. The Hall–Kier alpha value is -2.22. The third-order valence-electron chi connectivity index (χ3n) is 3.79. The second-order valence-electron chi connectivity index (χ2n) is 5.65. The molecule has 1 aromatic rings. The molecule has 5 nitrogen and oxygen atoms in total. The van der Waals surface area contributed by atoms with E-state index in [1.807, 2.05) is 0 Å². The fraction of sp³-hybridized carbons (Fsp3) is 0.412. The summed E-state index contributed by atoms with van der Waals surface area (Å²) < 4.78 is 34.8. The van der Waals surface area contributed by atoms with E-state index in [1.54, 1.807) is 39.8 Å². The molecule has 25 heavy (non-hydrogen) atoms. The Morgan fingerprint density at radius 2 is 1.88 bits per heavy atom. The van der Waals surface area contributed by atoms with E-state index in [0.29, 0.717) is 33.1 Å². The average molecular weight is 370 g/mol. The Labute approximate surface area is 150 Å². The zero-order valence-electron chi connectivity index (χ0n) is 14.4. The number of carbonyl (C=O) groups is 1. The van der Waals surface area contributed by atoms with Gasteiger partial charge in [-0.1, -0.05) is 0 Å². The highest BCUT2D eigenvalue weighted by Crippen LogP contribution is 2.33. The van der Waals surface area contributed by atoms with Crippen molar-refractivity contribution in [1.29, 1.82) is 0 Å². The second-order valence-corrected chi connectivity index (χ2v) is 6.06. The highest BCUT2D eigenvalue weighted by atomic mass is 32.1. The van der Waals surface area contributed by atoms with Crippen molar-refractivity contribution in [1.82, 2.24) is 10.6 Å². The molecule has 0 amide bonds. The van der Waals surface area contributed by atoms with Crippen molar-refractivity contribution >= 4 is 23.3 Å². The van der Waals surface area contributed by atoms with Gasteiger partial charge in [0, 0.05) is 5.70 Å². The first-order valence-corrected chi connectivity index (χ1v) is 8.16. The summed E-state index contributed by atoms with van der Waals surface area (Å²) in [5.74, 6) is -0.329. The number of ether oxygens (including phenoxy) is 2. The number of nitrogens with one attached hydrogen (secondary N) is 2. The van der Waals surface area contributed by atoms with Gasteiger partial charge in [0.1, 0.15) is 5.75 Å². The summed E-state index contributed by atoms with van der Waals surface area (Å²) in [6.45, 7) is 4.15. The average Bonchev–Trinajstić information content (AvgIpc) is 2.49. The van der Waals surface area contributed by atoms with Crippen molar-refractivity contribution in [3.05, 3.63) is 40.1 Å². The van der Waals surface area contributed by atoms with Crippen LogP contribution in [-0.4, -0.2) is 24.3 Å². The number of thiocarbonyl (C=S) groups is 1. The molecule has 2 rings (SSSR count). The topological polar surface area (TPSA) is 59.6 Å². The molecule has 0 aliphatic carbocycles. The van der Waals surface area contributed by atoms with Crippen LogP contribution >= 0.6 is 12.2 Å². The predicted molar refractivity (Wildman–Crippen MR) is 93.5 cm³/mol. The number of halogens is 2. The molecule has 0 spiro atoms. The van der Waals surface area contributed by atoms with Gasteiger partial charge in [0.15, 0.2) is 5.11 Å². The normalized spacial score (nSPS) is 17.2. The lowest BCUT2D eigenvalue weighted by Crippen LogP contribution is -2.45. The summed E-state index contributed by atoms with van der Waals surface area (Å²) in [6, 6.07) is 2.86. The fourth-order valence-corrected chi connectivity index (χ4v) is 3.12. The van der Waals surface area contributed by atoms with Gasteiger partial charge in [-0.25, -0.2) is 4.79 Å². The van der Waals surface area contributed by atoms with Crippen molar-refractivity contribution in [2.45, 2.75) is 40.3 Å². The lowest BCUT2D eigenvalue weighted by atomic mass is 9.93. The van der Waals surface area contributed by atoms with Gasteiger partial charge >= 0.3 is 12.6 Å². The zero-order valence-corrected chi connectivity index (χ0v) is 15.2. The van der Waals surface area contributed by atoms with Crippen LogP contribution in [-0.2, 0) is 9.53 Å². The van der Waals surface area contributed by atoms with Gasteiger partial charge in [0.05, 0.1) is 18.2 Å². The number of carbonyl (C=O) groups excluding carboxylic acids is 1. The Kier molecular flexibility index (Phi) is 5.94. The van der Waals surface area contributed by atoms with E-state index in [9.17, 15) is 13.6 Å². The molecule has 136 valence electrons. The molecule has 2 N–H and O–H groups in total. The summed E-state index contributed by atoms with van der Waals surface area (Å²) in [5.41, 5.74) is 2.79. The Bertz CT molecular complexity index is 712. The van der Waals surface area contributed by atoms with Crippen LogP contribution in [0.3, 0.4) is 0 Å². The standard InChI is InChI=1S/C17H20F2N2O3S/c1-5-23-15(22)12-10(4)20-17(25)21-13(12)11-6-8(2)14(9(3)7-11)24-16(18)19/h6-7,13,16H,5H2,1-4H3,(H2,20,21,25)/t13-/m0/s1. The first kappa shape index (κ1) is 19.1. The lowest BCUT2D eigenvalue weighted by molar-refractivity contribution is -0.139. The molecule has 8 heteroatoms. The zero-order chi connectivity index (χ0) is 18.7. The van der Waals surface area contributed by atoms with Gasteiger partial charge in [0.25, 0.3) is 0 Å². The molecule has 0 aromatic heterocycles. The van der Waals surface area contributed by atoms with Gasteiger partial charge in [-0.15, -0.1) is 0 Å². The molecular formula is C17H20F2N2O3S. The molecule has 1 atom stereocenters. The van der Waals surface area contributed by atoms with Crippen molar-refractivity contribution in [2.24, 2.45) is 0 Å². The van der Waals surface area contributed by atoms with Gasteiger partial charge in [-0.3, -0.25) is 0 Å². The minimum Gasteiger partial charge on any atom is -0.463 e. The first-order valence-electron chi connectivity index (χ1n) is 7.76. The summed E-state index contributed by atoms with van der Waals surface area (Å²) in [5, 5.41) is 6.32. The molecule has 0 bridgehead atoms. The van der Waals surface area contributed by atoms with E-state index < -0.39 is 18.6 Å². The second kappa shape index (κ2) is 7.77. The number of aryl methyl sites for hydroxylation is 2. The summed E-state index contributed by atoms with van der Waals surface area (Å²) in [4.78, 5) is 12.4. The Morgan fingerprint density at radius 3 is 2.40 bits per heavy atom. The van der Waals surface area contributed by atoms with E-state index in [0.717, 1.165) is 0 Å². The van der Waals surface area contributed by atoms with E-state index >= 15 is 0 Å². The molecule has 1 aromatic carbocycles. The maximum Gasteiger partial charge on any atom is 0.387 e. The van der Waals surface area contributed by atoms with Crippen LogP contribution in [0.15, 0.2) is 23.4 Å². The number of alkyl halides is 2. The van der Waals surface area contributed by atoms with Gasteiger partial charge < -0.3 is 20.1 Å². The third-order valence-corrected chi connectivity index (χ3v) is 4.01. The van der Waals surface area contributed by atoms with Crippen molar-refractivity contribution in [3.63, 3.8) is 0 Å². The number of esters is 1. The smallest absolute Gasteiger partial charge is 0.387 e. The van der Waals surface area contributed by atoms with E-state index in [2.05, 4.69) is 15.4 Å². The largest absolute Gasteiger partial charge is 0.463 e. The molecule has 0 saturated carbocycles. The quantitative estimate of drug-likeness (QED) is 0.613. The van der Waals surface area contributed by atoms with Crippen molar-refractivity contribution in [2.75, 3.05) is 6.61 Å². The van der Waals surface area contributed by atoms with Crippen LogP contribution in [0.25, 0.3) is 0 Å². The molecule has 0 fully saturated rings. The summed E-state index contributed by atoms with van der Waals surface area (Å²) >= 11 is 5.18.